The number of ether oxygens (including phenoxy) is 2. The Balaban J connectivity index is 1.79. The van der Waals surface area contributed by atoms with E-state index >= 15 is 0 Å². The van der Waals surface area contributed by atoms with Crippen molar-refractivity contribution in [3.8, 4) is 11.6 Å². The van der Waals surface area contributed by atoms with E-state index in [4.69, 9.17) is 15.2 Å². The van der Waals surface area contributed by atoms with E-state index in [-0.39, 0.29) is 22.3 Å². The molecule has 4 N–H and O–H groups in total. The summed E-state index contributed by atoms with van der Waals surface area (Å²) in [4.78, 5) is 20.0. The highest BCUT2D eigenvalue weighted by atomic mass is 32.2. The molecule has 156 valence electrons. The van der Waals surface area contributed by atoms with Crippen LogP contribution < -0.4 is 25.2 Å². The van der Waals surface area contributed by atoms with Gasteiger partial charge in [0.15, 0.2) is 5.82 Å². The topological polar surface area (TPSA) is 146 Å². The van der Waals surface area contributed by atoms with Gasteiger partial charge in [-0.05, 0) is 36.4 Å². The van der Waals surface area contributed by atoms with Crippen LogP contribution in [0.3, 0.4) is 0 Å². The van der Waals surface area contributed by atoms with Gasteiger partial charge in [0.05, 0.1) is 24.7 Å². The zero-order chi connectivity index (χ0) is 21.7. The Morgan fingerprint density at radius 1 is 1.00 bits per heavy atom. The number of methoxy groups -OCH3 is 2. The number of carbonyl (C=O) groups excluding carboxylic acids is 1. The predicted molar refractivity (Wildman–Crippen MR) is 111 cm³/mol. The van der Waals surface area contributed by atoms with Crippen molar-refractivity contribution in [3.63, 3.8) is 0 Å². The van der Waals surface area contributed by atoms with Gasteiger partial charge in [0, 0.05) is 11.4 Å². The van der Waals surface area contributed by atoms with E-state index in [0.717, 1.165) is 6.33 Å². The first kappa shape index (κ1) is 20.9. The number of rotatable bonds is 7. The van der Waals surface area contributed by atoms with Crippen molar-refractivity contribution >= 4 is 33.1 Å². The number of sulfonamides is 1. The van der Waals surface area contributed by atoms with Gasteiger partial charge in [-0.1, -0.05) is 12.1 Å². The van der Waals surface area contributed by atoms with Gasteiger partial charge in [-0.3, -0.25) is 9.52 Å². The summed E-state index contributed by atoms with van der Waals surface area (Å²) in [5.41, 5.74) is 6.86. The van der Waals surface area contributed by atoms with Crippen LogP contribution in [-0.4, -0.2) is 38.5 Å². The van der Waals surface area contributed by atoms with E-state index in [0.29, 0.717) is 16.9 Å². The monoisotopic (exact) mass is 429 g/mol. The van der Waals surface area contributed by atoms with Gasteiger partial charge in [-0.2, -0.15) is 4.98 Å². The van der Waals surface area contributed by atoms with Gasteiger partial charge in [-0.15, -0.1) is 0 Å². The second-order valence-electron chi connectivity index (χ2n) is 5.94. The summed E-state index contributed by atoms with van der Waals surface area (Å²) in [6, 6.07) is 12.2. The Labute approximate surface area is 173 Å². The molecule has 1 aromatic heterocycles. The number of hydrogen-bond acceptors (Lipinski definition) is 8. The van der Waals surface area contributed by atoms with E-state index in [2.05, 4.69) is 20.0 Å². The van der Waals surface area contributed by atoms with E-state index in [9.17, 15) is 13.2 Å². The van der Waals surface area contributed by atoms with Gasteiger partial charge in [-0.25, -0.2) is 13.4 Å². The molecule has 2 aromatic carbocycles. The lowest BCUT2D eigenvalue weighted by molar-refractivity contribution is 0.102. The largest absolute Gasteiger partial charge is 0.489 e. The van der Waals surface area contributed by atoms with Gasteiger partial charge in [0.1, 0.15) is 6.33 Å². The van der Waals surface area contributed by atoms with Crippen LogP contribution in [0.4, 0.5) is 17.2 Å². The molecule has 1 amide bonds. The summed E-state index contributed by atoms with van der Waals surface area (Å²) in [6.45, 7) is 0. The Hall–Kier alpha value is -3.86. The van der Waals surface area contributed by atoms with Gasteiger partial charge in [0.25, 0.3) is 21.8 Å². The molecule has 0 bridgehead atoms. The molecular formula is C19H19N5O5S. The molecule has 0 spiro atoms. The van der Waals surface area contributed by atoms with E-state index in [1.807, 2.05) is 0 Å². The second-order valence-corrected chi connectivity index (χ2v) is 7.62. The van der Waals surface area contributed by atoms with Crippen LogP contribution in [-0.2, 0) is 10.0 Å². The number of nitrogen functional groups attached to an aromatic ring is 1. The Morgan fingerprint density at radius 2 is 1.70 bits per heavy atom. The van der Waals surface area contributed by atoms with E-state index in [1.54, 1.807) is 24.3 Å². The molecule has 30 heavy (non-hydrogen) atoms. The van der Waals surface area contributed by atoms with Crippen LogP contribution in [0.25, 0.3) is 0 Å². The number of anilines is 3. The molecule has 0 aliphatic rings. The van der Waals surface area contributed by atoms with Crippen LogP contribution in [0.15, 0.2) is 59.8 Å². The van der Waals surface area contributed by atoms with Gasteiger partial charge >= 0.3 is 0 Å². The Bertz CT molecular complexity index is 1170. The first-order valence-corrected chi connectivity index (χ1v) is 10.1. The third-order valence-electron chi connectivity index (χ3n) is 4.03. The fourth-order valence-corrected chi connectivity index (χ4v) is 3.58. The van der Waals surface area contributed by atoms with Crippen molar-refractivity contribution in [1.29, 1.82) is 0 Å². The summed E-state index contributed by atoms with van der Waals surface area (Å²) in [5, 5.41) is 2.67. The maximum atomic E-state index is 12.7. The smallest absolute Gasteiger partial charge is 0.263 e. The number of aromatic nitrogens is 2. The zero-order valence-corrected chi connectivity index (χ0v) is 16.9. The third-order valence-corrected chi connectivity index (χ3v) is 5.38. The minimum atomic E-state index is -3.98. The standard InChI is InChI=1S/C19H19N5O5S/c1-28-16-17(21-11-22-19(16)29-2)24-30(26,27)13-9-7-12(8-10-13)23-18(25)14-5-3-4-6-15(14)20/h3-11H,20H2,1-2H3,(H,23,25)(H,21,22,24). The highest BCUT2D eigenvalue weighted by molar-refractivity contribution is 7.92. The first-order chi connectivity index (χ1) is 14.4. The molecule has 3 aromatic rings. The Kier molecular flexibility index (Phi) is 6.02. The average Bonchev–Trinajstić information content (AvgIpc) is 2.74. The third kappa shape index (κ3) is 4.41. The van der Waals surface area contributed by atoms with E-state index < -0.39 is 15.9 Å². The number of carbonyl (C=O) groups is 1. The normalized spacial score (nSPS) is 10.9. The molecule has 1 heterocycles. The first-order valence-electron chi connectivity index (χ1n) is 8.57. The number of nitrogens with one attached hydrogen (secondary N) is 2. The van der Waals surface area contributed by atoms with Crippen molar-refractivity contribution in [1.82, 2.24) is 9.97 Å². The van der Waals surface area contributed by atoms with Crippen molar-refractivity contribution < 1.29 is 22.7 Å². The maximum absolute atomic E-state index is 12.7. The SMILES string of the molecule is COc1ncnc(NS(=O)(=O)c2ccc(NC(=O)c3ccccc3N)cc2)c1OC. The average molecular weight is 429 g/mol. The lowest BCUT2D eigenvalue weighted by Crippen LogP contribution is -2.16. The summed E-state index contributed by atoms with van der Waals surface area (Å²) in [7, 11) is -1.27. The number of benzene rings is 2. The molecule has 10 nitrogen and oxygen atoms in total. The summed E-state index contributed by atoms with van der Waals surface area (Å²) in [6.07, 6.45) is 1.15. The highest BCUT2D eigenvalue weighted by Gasteiger charge is 2.21. The minimum absolute atomic E-state index is 0.0423. The molecule has 0 saturated heterocycles. The van der Waals surface area contributed by atoms with Gasteiger partial charge in [0.2, 0.25) is 5.75 Å². The van der Waals surface area contributed by atoms with Crippen molar-refractivity contribution in [2.24, 2.45) is 0 Å². The van der Waals surface area contributed by atoms with Crippen molar-refractivity contribution in [2.45, 2.75) is 4.90 Å². The summed E-state index contributed by atoms with van der Waals surface area (Å²) in [5.74, 6) is -0.336. The molecule has 0 atom stereocenters. The predicted octanol–water partition coefficient (Wildman–Crippen LogP) is 2.13. The molecule has 0 radical (unpaired) electrons. The molecule has 0 saturated carbocycles. The van der Waals surface area contributed by atoms with Crippen molar-refractivity contribution in [3.05, 3.63) is 60.4 Å². The quantitative estimate of drug-likeness (QED) is 0.484. The number of nitrogens with two attached hydrogens (primary N) is 1. The maximum Gasteiger partial charge on any atom is 0.263 e. The highest BCUT2D eigenvalue weighted by Crippen LogP contribution is 2.32. The number of nitrogens with zero attached hydrogens (tertiary/aromatic N) is 2. The number of hydrogen-bond donors (Lipinski definition) is 3. The number of amides is 1. The van der Waals surface area contributed by atoms with Crippen LogP contribution in [0, 0.1) is 0 Å². The minimum Gasteiger partial charge on any atom is -0.489 e. The zero-order valence-electron chi connectivity index (χ0n) is 16.1. The molecule has 0 aliphatic carbocycles. The van der Waals surface area contributed by atoms with E-state index in [1.165, 1.54) is 38.5 Å². The molecule has 0 fully saturated rings. The van der Waals surface area contributed by atoms with Crippen LogP contribution >= 0.6 is 0 Å². The van der Waals surface area contributed by atoms with Crippen LogP contribution in [0.2, 0.25) is 0 Å². The molecule has 0 aliphatic heterocycles. The molecular weight excluding hydrogens is 410 g/mol. The van der Waals surface area contributed by atoms with Crippen molar-refractivity contribution in [2.75, 3.05) is 30.0 Å². The lowest BCUT2D eigenvalue weighted by atomic mass is 10.1. The summed E-state index contributed by atoms with van der Waals surface area (Å²) < 4.78 is 37.9. The van der Waals surface area contributed by atoms with Gasteiger partial charge < -0.3 is 20.5 Å². The number of para-hydroxylation sites is 1. The summed E-state index contributed by atoms with van der Waals surface area (Å²) >= 11 is 0. The molecule has 11 heteroatoms. The van der Waals surface area contributed by atoms with Crippen LogP contribution in [0.5, 0.6) is 11.6 Å². The molecule has 0 unspecified atom stereocenters. The van der Waals surface area contributed by atoms with Crippen LogP contribution in [0.1, 0.15) is 10.4 Å². The molecule has 3 rings (SSSR count). The lowest BCUT2D eigenvalue weighted by Gasteiger charge is -2.13. The Morgan fingerprint density at radius 3 is 2.33 bits per heavy atom. The fourth-order valence-electron chi connectivity index (χ4n) is 2.57. The second kappa shape index (κ2) is 8.66. The fraction of sp³-hybridized carbons (Fsp3) is 0.105.